The Morgan fingerprint density at radius 1 is 1.26 bits per heavy atom. The molecule has 0 unspecified atom stereocenters. The number of aliphatic hydroxyl groups is 1. The molecule has 0 radical (unpaired) electrons. The van der Waals surface area contributed by atoms with Crippen molar-refractivity contribution in [3.8, 4) is 0 Å². The Hall–Kier alpha value is -0.260. The summed E-state index contributed by atoms with van der Waals surface area (Å²) < 4.78 is 32.4. The first-order valence-electron chi connectivity index (χ1n) is 7.26. The van der Waals surface area contributed by atoms with Gasteiger partial charge in [0.2, 0.25) is 0 Å². The van der Waals surface area contributed by atoms with E-state index in [9.17, 15) is 13.9 Å². The lowest BCUT2D eigenvalue weighted by molar-refractivity contribution is -0.165. The maximum absolute atomic E-state index is 13.7. The molecule has 0 bridgehead atoms. The van der Waals surface area contributed by atoms with Gasteiger partial charge in [0.05, 0.1) is 6.10 Å². The minimum absolute atomic E-state index is 0.285. The molecule has 0 aromatic carbocycles. The van der Waals surface area contributed by atoms with Gasteiger partial charge in [-0.3, -0.25) is 0 Å². The van der Waals surface area contributed by atoms with Gasteiger partial charge >= 0.3 is 0 Å². The van der Waals surface area contributed by atoms with E-state index in [2.05, 4.69) is 0 Å². The van der Waals surface area contributed by atoms with Crippen LogP contribution in [0.1, 0.15) is 52.4 Å². The van der Waals surface area contributed by atoms with E-state index in [0.717, 1.165) is 25.7 Å². The first-order chi connectivity index (χ1) is 8.83. The standard InChI is InChI=1S/C14H27F2NO2/c1-10(2)19-9-14(15,16)13(18)12(17)8-11-6-4-3-5-7-11/h10-13,18H,3-9,17H2,1-2H3/t12-,13+/m0/s1. The van der Waals surface area contributed by atoms with Gasteiger partial charge in [-0.05, 0) is 26.2 Å². The molecule has 0 aromatic rings. The van der Waals surface area contributed by atoms with Crippen molar-refractivity contribution >= 4 is 0 Å². The Morgan fingerprint density at radius 2 is 1.84 bits per heavy atom. The SMILES string of the molecule is CC(C)OCC(F)(F)[C@H](O)[C@@H](N)CC1CCCCC1. The lowest BCUT2D eigenvalue weighted by Crippen LogP contribution is -2.50. The zero-order valence-corrected chi connectivity index (χ0v) is 11.9. The molecule has 0 aliphatic heterocycles. The smallest absolute Gasteiger partial charge is 0.297 e. The van der Waals surface area contributed by atoms with Crippen LogP contribution in [0.25, 0.3) is 0 Å². The first kappa shape index (κ1) is 16.8. The van der Waals surface area contributed by atoms with E-state index in [1.165, 1.54) is 6.42 Å². The van der Waals surface area contributed by atoms with Crippen molar-refractivity contribution in [2.75, 3.05) is 6.61 Å². The fourth-order valence-electron chi connectivity index (χ4n) is 2.61. The summed E-state index contributed by atoms with van der Waals surface area (Å²) in [6.45, 7) is 2.60. The van der Waals surface area contributed by atoms with Crippen molar-refractivity contribution in [3.63, 3.8) is 0 Å². The second kappa shape index (κ2) is 7.50. The molecule has 1 rings (SSSR count). The largest absolute Gasteiger partial charge is 0.385 e. The van der Waals surface area contributed by atoms with Gasteiger partial charge in [0.15, 0.2) is 0 Å². The molecule has 1 saturated carbocycles. The molecule has 0 saturated heterocycles. The van der Waals surface area contributed by atoms with Gasteiger partial charge in [-0.25, -0.2) is 8.78 Å². The van der Waals surface area contributed by atoms with Gasteiger partial charge in [0.25, 0.3) is 5.92 Å². The molecule has 0 spiro atoms. The third kappa shape index (κ3) is 5.71. The van der Waals surface area contributed by atoms with Crippen LogP contribution in [-0.2, 0) is 4.74 Å². The van der Waals surface area contributed by atoms with Gasteiger partial charge in [0, 0.05) is 6.04 Å². The molecule has 114 valence electrons. The van der Waals surface area contributed by atoms with Crippen LogP contribution in [0, 0.1) is 5.92 Å². The monoisotopic (exact) mass is 279 g/mol. The Bertz CT molecular complexity index is 256. The predicted octanol–water partition coefficient (Wildman–Crippen LogP) is 2.71. The fraction of sp³-hybridized carbons (Fsp3) is 1.00. The number of alkyl halides is 2. The highest BCUT2D eigenvalue weighted by atomic mass is 19.3. The normalized spacial score (nSPS) is 21.6. The van der Waals surface area contributed by atoms with Crippen LogP contribution < -0.4 is 5.73 Å². The zero-order chi connectivity index (χ0) is 14.5. The third-order valence-corrected chi connectivity index (χ3v) is 3.78. The number of rotatable bonds is 7. The van der Waals surface area contributed by atoms with E-state index in [1.54, 1.807) is 13.8 Å². The van der Waals surface area contributed by atoms with Gasteiger partial charge in [-0.1, -0.05) is 32.1 Å². The summed E-state index contributed by atoms with van der Waals surface area (Å²) >= 11 is 0. The van der Waals surface area contributed by atoms with Crippen LogP contribution in [0.15, 0.2) is 0 Å². The maximum Gasteiger partial charge on any atom is 0.297 e. The molecule has 19 heavy (non-hydrogen) atoms. The molecule has 0 aromatic heterocycles. The lowest BCUT2D eigenvalue weighted by Gasteiger charge is -2.31. The predicted molar refractivity (Wildman–Crippen MR) is 71.2 cm³/mol. The van der Waals surface area contributed by atoms with Crippen LogP contribution in [0.4, 0.5) is 8.78 Å². The molecule has 2 atom stereocenters. The van der Waals surface area contributed by atoms with Crippen molar-refractivity contribution in [3.05, 3.63) is 0 Å². The minimum Gasteiger partial charge on any atom is -0.385 e. The van der Waals surface area contributed by atoms with Crippen molar-refractivity contribution in [1.29, 1.82) is 0 Å². The Labute approximate surface area is 114 Å². The minimum atomic E-state index is -3.28. The third-order valence-electron chi connectivity index (χ3n) is 3.78. The maximum atomic E-state index is 13.7. The van der Waals surface area contributed by atoms with Gasteiger partial charge in [0.1, 0.15) is 12.7 Å². The fourth-order valence-corrected chi connectivity index (χ4v) is 2.61. The van der Waals surface area contributed by atoms with Crippen molar-refractivity contribution in [2.45, 2.75) is 76.5 Å². The van der Waals surface area contributed by atoms with E-state index in [0.29, 0.717) is 12.3 Å². The number of ether oxygens (including phenoxy) is 1. The molecule has 0 heterocycles. The van der Waals surface area contributed by atoms with Crippen molar-refractivity contribution < 1.29 is 18.6 Å². The summed E-state index contributed by atoms with van der Waals surface area (Å²) in [5.41, 5.74) is 5.76. The van der Waals surface area contributed by atoms with Gasteiger partial charge in [-0.15, -0.1) is 0 Å². The van der Waals surface area contributed by atoms with E-state index < -0.39 is 24.7 Å². The average Bonchev–Trinajstić information content (AvgIpc) is 2.36. The van der Waals surface area contributed by atoms with Crippen LogP contribution in [0.2, 0.25) is 0 Å². The van der Waals surface area contributed by atoms with Crippen LogP contribution in [0.5, 0.6) is 0 Å². The highest BCUT2D eigenvalue weighted by molar-refractivity contribution is 4.87. The van der Waals surface area contributed by atoms with Gasteiger partial charge < -0.3 is 15.6 Å². The van der Waals surface area contributed by atoms with Crippen LogP contribution in [0.3, 0.4) is 0 Å². The highest BCUT2D eigenvalue weighted by Gasteiger charge is 2.43. The molecule has 1 aliphatic carbocycles. The Morgan fingerprint density at radius 3 is 2.37 bits per heavy atom. The summed E-state index contributed by atoms with van der Waals surface area (Å²) in [5, 5.41) is 9.73. The number of aliphatic hydroxyl groups excluding tert-OH is 1. The summed E-state index contributed by atoms with van der Waals surface area (Å²) in [6.07, 6.45) is 3.93. The number of hydrogen-bond acceptors (Lipinski definition) is 3. The molecule has 5 heteroatoms. The first-order valence-corrected chi connectivity index (χ1v) is 7.26. The molecule has 3 nitrogen and oxygen atoms in total. The summed E-state index contributed by atoms with van der Waals surface area (Å²) in [6, 6.07) is -0.881. The van der Waals surface area contributed by atoms with Gasteiger partial charge in [-0.2, -0.15) is 0 Å². The molecule has 1 fully saturated rings. The van der Waals surface area contributed by atoms with Crippen molar-refractivity contribution in [1.82, 2.24) is 0 Å². The van der Waals surface area contributed by atoms with E-state index in [-0.39, 0.29) is 6.10 Å². The topological polar surface area (TPSA) is 55.5 Å². The zero-order valence-electron chi connectivity index (χ0n) is 11.9. The van der Waals surface area contributed by atoms with Crippen molar-refractivity contribution in [2.24, 2.45) is 11.7 Å². The van der Waals surface area contributed by atoms with Crippen LogP contribution in [-0.4, -0.2) is 35.9 Å². The molecule has 0 amide bonds. The Balaban J connectivity index is 2.42. The second-order valence-corrected chi connectivity index (χ2v) is 5.97. The summed E-state index contributed by atoms with van der Waals surface area (Å²) in [7, 11) is 0. The molecular formula is C14H27F2NO2. The quantitative estimate of drug-likeness (QED) is 0.753. The van der Waals surface area contributed by atoms with Crippen LogP contribution >= 0.6 is 0 Å². The van der Waals surface area contributed by atoms with E-state index >= 15 is 0 Å². The summed E-state index contributed by atoms with van der Waals surface area (Å²) in [4.78, 5) is 0. The highest BCUT2D eigenvalue weighted by Crippen LogP contribution is 2.30. The second-order valence-electron chi connectivity index (χ2n) is 5.97. The van der Waals surface area contributed by atoms with E-state index in [1.807, 2.05) is 0 Å². The number of nitrogens with two attached hydrogens (primary N) is 1. The number of hydrogen-bond donors (Lipinski definition) is 2. The molecular weight excluding hydrogens is 252 g/mol. The molecule has 1 aliphatic rings. The van der Waals surface area contributed by atoms with E-state index in [4.69, 9.17) is 10.5 Å². The molecule has 3 N–H and O–H groups in total. The summed E-state index contributed by atoms with van der Waals surface area (Å²) in [5.74, 6) is -2.90. The lowest BCUT2D eigenvalue weighted by atomic mass is 9.83. The average molecular weight is 279 g/mol. The Kier molecular flexibility index (Phi) is 6.63. The number of halogens is 2.